The third kappa shape index (κ3) is 2.23. The van der Waals surface area contributed by atoms with E-state index in [1.807, 2.05) is 0 Å². The van der Waals surface area contributed by atoms with E-state index >= 15 is 0 Å². The standard InChI is InChI=1S/C10H12O4/c1-14-8-4-2-3-7(5-8)9(6-11)10(12)13/h2-5,9,11H,6H2,1H3,(H,12,13)/t9-/m1/s1. The summed E-state index contributed by atoms with van der Waals surface area (Å²) < 4.78 is 4.95. The first kappa shape index (κ1) is 10.5. The van der Waals surface area contributed by atoms with Crippen molar-refractivity contribution < 1.29 is 19.7 Å². The Kier molecular flexibility index (Phi) is 3.48. The predicted molar refractivity (Wildman–Crippen MR) is 50.5 cm³/mol. The summed E-state index contributed by atoms with van der Waals surface area (Å²) in [6.45, 7) is -0.414. The van der Waals surface area contributed by atoms with Gasteiger partial charge in [-0.3, -0.25) is 4.79 Å². The topological polar surface area (TPSA) is 66.8 Å². The third-order valence-electron chi connectivity index (χ3n) is 1.98. The molecular weight excluding hydrogens is 184 g/mol. The highest BCUT2D eigenvalue weighted by Gasteiger charge is 2.18. The maximum absolute atomic E-state index is 10.7. The maximum Gasteiger partial charge on any atom is 0.313 e. The number of carboxylic acid groups (broad SMARTS) is 1. The zero-order valence-corrected chi connectivity index (χ0v) is 7.80. The monoisotopic (exact) mass is 196 g/mol. The van der Waals surface area contributed by atoms with Crippen LogP contribution in [0.4, 0.5) is 0 Å². The number of hydrogen-bond acceptors (Lipinski definition) is 3. The van der Waals surface area contributed by atoms with Crippen LogP contribution < -0.4 is 4.74 Å². The van der Waals surface area contributed by atoms with Crippen LogP contribution in [0.25, 0.3) is 0 Å². The van der Waals surface area contributed by atoms with E-state index in [0.29, 0.717) is 11.3 Å². The van der Waals surface area contributed by atoms with E-state index in [4.69, 9.17) is 14.9 Å². The summed E-state index contributed by atoms with van der Waals surface area (Å²) in [6, 6.07) is 6.67. The highest BCUT2D eigenvalue weighted by molar-refractivity contribution is 5.76. The molecule has 0 aromatic heterocycles. The first-order valence-electron chi connectivity index (χ1n) is 4.16. The Bertz CT molecular complexity index is 322. The number of aliphatic carboxylic acids is 1. The Morgan fingerprint density at radius 2 is 2.29 bits per heavy atom. The molecule has 0 aliphatic rings. The van der Waals surface area contributed by atoms with Gasteiger partial charge in [-0.05, 0) is 17.7 Å². The lowest BCUT2D eigenvalue weighted by Crippen LogP contribution is -2.15. The largest absolute Gasteiger partial charge is 0.497 e. The van der Waals surface area contributed by atoms with Crippen molar-refractivity contribution in [2.24, 2.45) is 0 Å². The summed E-state index contributed by atoms with van der Waals surface area (Å²) in [5, 5.41) is 17.7. The minimum atomic E-state index is -1.04. The van der Waals surface area contributed by atoms with Crippen molar-refractivity contribution in [3.05, 3.63) is 29.8 Å². The first-order valence-corrected chi connectivity index (χ1v) is 4.16. The normalized spacial score (nSPS) is 12.1. The number of aliphatic hydroxyl groups is 1. The highest BCUT2D eigenvalue weighted by Crippen LogP contribution is 2.20. The molecule has 0 spiro atoms. The molecule has 14 heavy (non-hydrogen) atoms. The molecule has 2 N–H and O–H groups in total. The average Bonchev–Trinajstić information content (AvgIpc) is 2.19. The van der Waals surface area contributed by atoms with Crippen molar-refractivity contribution in [1.29, 1.82) is 0 Å². The second kappa shape index (κ2) is 4.62. The predicted octanol–water partition coefficient (Wildman–Crippen LogP) is 0.856. The number of carbonyl (C=O) groups is 1. The minimum absolute atomic E-state index is 0.414. The number of hydrogen-bond donors (Lipinski definition) is 2. The van der Waals surface area contributed by atoms with Crippen LogP contribution in [0.3, 0.4) is 0 Å². The fourth-order valence-electron chi connectivity index (χ4n) is 1.18. The van der Waals surface area contributed by atoms with Gasteiger partial charge in [-0.25, -0.2) is 0 Å². The van der Waals surface area contributed by atoms with E-state index in [9.17, 15) is 4.79 Å². The van der Waals surface area contributed by atoms with Gasteiger partial charge in [-0.1, -0.05) is 12.1 Å². The van der Waals surface area contributed by atoms with Crippen molar-refractivity contribution in [2.75, 3.05) is 13.7 Å². The fourth-order valence-corrected chi connectivity index (χ4v) is 1.18. The molecule has 0 bridgehead atoms. The molecule has 76 valence electrons. The summed E-state index contributed by atoms with van der Waals surface area (Å²) in [7, 11) is 1.51. The quantitative estimate of drug-likeness (QED) is 0.749. The van der Waals surface area contributed by atoms with E-state index in [2.05, 4.69) is 0 Å². The Morgan fingerprint density at radius 3 is 2.79 bits per heavy atom. The molecule has 0 fully saturated rings. The van der Waals surface area contributed by atoms with Crippen molar-refractivity contribution >= 4 is 5.97 Å². The van der Waals surface area contributed by atoms with Crippen LogP contribution >= 0.6 is 0 Å². The number of carboxylic acids is 1. The van der Waals surface area contributed by atoms with Crippen LogP contribution in [0.5, 0.6) is 5.75 Å². The Balaban J connectivity index is 2.98. The zero-order valence-electron chi connectivity index (χ0n) is 7.80. The molecule has 0 aliphatic carbocycles. The van der Waals surface area contributed by atoms with Gasteiger partial charge in [0.1, 0.15) is 11.7 Å². The number of methoxy groups -OCH3 is 1. The van der Waals surface area contributed by atoms with Crippen LogP contribution in [0.1, 0.15) is 11.5 Å². The second-order valence-electron chi connectivity index (χ2n) is 2.85. The van der Waals surface area contributed by atoms with Crippen LogP contribution in [0, 0.1) is 0 Å². The lowest BCUT2D eigenvalue weighted by Gasteiger charge is -2.10. The minimum Gasteiger partial charge on any atom is -0.497 e. The number of ether oxygens (including phenoxy) is 1. The molecular formula is C10H12O4. The summed E-state index contributed by atoms with van der Waals surface area (Å²) in [5.74, 6) is -1.34. The van der Waals surface area contributed by atoms with Crippen molar-refractivity contribution in [3.8, 4) is 5.75 Å². The van der Waals surface area contributed by atoms with Crippen LogP contribution in [-0.4, -0.2) is 29.9 Å². The average molecular weight is 196 g/mol. The van der Waals surface area contributed by atoms with Gasteiger partial charge >= 0.3 is 5.97 Å². The van der Waals surface area contributed by atoms with Gasteiger partial charge in [0.2, 0.25) is 0 Å². The van der Waals surface area contributed by atoms with Gasteiger partial charge in [0, 0.05) is 0 Å². The van der Waals surface area contributed by atoms with Crippen LogP contribution in [0.15, 0.2) is 24.3 Å². The van der Waals surface area contributed by atoms with Gasteiger partial charge in [-0.2, -0.15) is 0 Å². The second-order valence-corrected chi connectivity index (χ2v) is 2.85. The van der Waals surface area contributed by atoms with E-state index in [1.165, 1.54) is 7.11 Å². The number of aliphatic hydroxyl groups excluding tert-OH is 1. The summed E-state index contributed by atoms with van der Waals surface area (Å²) >= 11 is 0. The zero-order chi connectivity index (χ0) is 10.6. The maximum atomic E-state index is 10.7. The molecule has 0 unspecified atom stereocenters. The van der Waals surface area contributed by atoms with Gasteiger partial charge in [0.25, 0.3) is 0 Å². The number of rotatable bonds is 4. The van der Waals surface area contributed by atoms with E-state index < -0.39 is 18.5 Å². The molecule has 1 aromatic rings. The van der Waals surface area contributed by atoms with E-state index in [0.717, 1.165) is 0 Å². The molecule has 1 rings (SSSR count). The molecule has 1 aromatic carbocycles. The van der Waals surface area contributed by atoms with Crippen molar-refractivity contribution in [3.63, 3.8) is 0 Å². The van der Waals surface area contributed by atoms with Gasteiger partial charge in [0.05, 0.1) is 13.7 Å². The molecule has 4 heteroatoms. The van der Waals surface area contributed by atoms with Crippen LogP contribution in [-0.2, 0) is 4.79 Å². The Hall–Kier alpha value is -1.55. The molecule has 0 radical (unpaired) electrons. The fraction of sp³-hybridized carbons (Fsp3) is 0.300. The SMILES string of the molecule is COc1cccc([C@@H](CO)C(=O)O)c1. The molecule has 0 aliphatic heterocycles. The summed E-state index contributed by atoms with van der Waals surface area (Å²) in [5.41, 5.74) is 0.541. The molecule has 0 saturated heterocycles. The molecule has 0 saturated carbocycles. The molecule has 0 heterocycles. The van der Waals surface area contributed by atoms with Crippen molar-refractivity contribution in [1.82, 2.24) is 0 Å². The van der Waals surface area contributed by atoms with E-state index in [-0.39, 0.29) is 0 Å². The third-order valence-corrected chi connectivity index (χ3v) is 1.98. The van der Waals surface area contributed by atoms with Crippen LogP contribution in [0.2, 0.25) is 0 Å². The summed E-state index contributed by atoms with van der Waals surface area (Å²) in [6.07, 6.45) is 0. The highest BCUT2D eigenvalue weighted by atomic mass is 16.5. The lowest BCUT2D eigenvalue weighted by molar-refractivity contribution is -0.139. The molecule has 4 nitrogen and oxygen atoms in total. The molecule has 0 amide bonds. The Labute approximate surface area is 81.8 Å². The Morgan fingerprint density at radius 1 is 1.57 bits per heavy atom. The lowest BCUT2D eigenvalue weighted by atomic mass is 10.0. The van der Waals surface area contributed by atoms with Gasteiger partial charge in [-0.15, -0.1) is 0 Å². The van der Waals surface area contributed by atoms with Gasteiger partial charge < -0.3 is 14.9 Å². The summed E-state index contributed by atoms with van der Waals surface area (Å²) in [4.78, 5) is 10.7. The van der Waals surface area contributed by atoms with E-state index in [1.54, 1.807) is 24.3 Å². The van der Waals surface area contributed by atoms with Crippen molar-refractivity contribution in [2.45, 2.75) is 5.92 Å². The number of benzene rings is 1. The first-order chi connectivity index (χ1) is 6.69. The smallest absolute Gasteiger partial charge is 0.313 e. The molecule has 1 atom stereocenters. The van der Waals surface area contributed by atoms with Gasteiger partial charge in [0.15, 0.2) is 0 Å².